The third kappa shape index (κ3) is 7.03. The molecule has 12 heteroatoms. The van der Waals surface area contributed by atoms with E-state index in [-0.39, 0.29) is 17.3 Å². The van der Waals surface area contributed by atoms with E-state index in [1.54, 1.807) is 49.4 Å². The summed E-state index contributed by atoms with van der Waals surface area (Å²) in [5.74, 6) is -0.715. The number of carbonyl (C=O) groups is 4. The van der Waals surface area contributed by atoms with Crippen LogP contribution in [0.4, 0.5) is 10.5 Å². The third-order valence-corrected chi connectivity index (χ3v) is 6.34. The van der Waals surface area contributed by atoms with Gasteiger partial charge in [-0.2, -0.15) is 0 Å². The van der Waals surface area contributed by atoms with Crippen LogP contribution in [-0.4, -0.2) is 52.8 Å². The average Bonchev–Trinajstić information content (AvgIpc) is 3.50. The maximum Gasteiger partial charge on any atom is 0.371 e. The summed E-state index contributed by atoms with van der Waals surface area (Å²) < 4.78 is 22.0. The molecule has 0 unspecified atom stereocenters. The second-order valence-electron chi connectivity index (χ2n) is 8.27. The number of nitrogens with zero attached hydrogens (tertiary/aromatic N) is 1. The van der Waals surface area contributed by atoms with Gasteiger partial charge in [0.25, 0.3) is 11.1 Å². The standard InChI is InChI=1S/C28H26N2O9S/c1-3-36-19-8-6-18(7-9-19)29-25(31)15-30-26(32)24(40-28(30)35)14-17-5-11-21(23(13-17)37-4-2)38-16-20-10-12-22(39-20)27(33)34/h5-14H,3-4,15-16H2,1-2H3,(H,29,31)(H,33,34). The fraction of sp³-hybridized carbons (Fsp3) is 0.214. The minimum atomic E-state index is -1.18. The highest BCUT2D eigenvalue weighted by molar-refractivity contribution is 8.18. The van der Waals surface area contributed by atoms with Crippen LogP contribution in [0.2, 0.25) is 0 Å². The summed E-state index contributed by atoms with van der Waals surface area (Å²) >= 11 is 0.737. The number of furan rings is 1. The summed E-state index contributed by atoms with van der Waals surface area (Å²) in [4.78, 5) is 50.0. The predicted octanol–water partition coefficient (Wildman–Crippen LogP) is 5.03. The second kappa shape index (κ2) is 12.9. The number of aromatic carboxylic acids is 1. The number of ether oxygens (including phenoxy) is 3. The van der Waals surface area contributed by atoms with Gasteiger partial charge in [0.05, 0.1) is 18.1 Å². The number of hydrogen-bond donors (Lipinski definition) is 2. The number of amides is 3. The maximum atomic E-state index is 12.9. The van der Waals surface area contributed by atoms with Gasteiger partial charge in [-0.1, -0.05) is 6.07 Å². The maximum absolute atomic E-state index is 12.9. The number of hydrogen-bond acceptors (Lipinski definition) is 9. The van der Waals surface area contributed by atoms with Gasteiger partial charge in [-0.15, -0.1) is 0 Å². The molecule has 2 N–H and O–H groups in total. The van der Waals surface area contributed by atoms with Crippen molar-refractivity contribution in [1.29, 1.82) is 0 Å². The zero-order valence-corrected chi connectivity index (χ0v) is 22.5. The number of carboxylic acid groups (broad SMARTS) is 1. The summed E-state index contributed by atoms with van der Waals surface area (Å²) in [5.41, 5.74) is 1.09. The van der Waals surface area contributed by atoms with Crippen LogP contribution in [-0.2, 0) is 16.2 Å². The van der Waals surface area contributed by atoms with Crippen LogP contribution in [0.1, 0.15) is 35.7 Å². The van der Waals surface area contributed by atoms with Crippen molar-refractivity contribution in [3.63, 3.8) is 0 Å². The zero-order valence-electron chi connectivity index (χ0n) is 21.7. The van der Waals surface area contributed by atoms with Crippen LogP contribution in [0.5, 0.6) is 17.2 Å². The van der Waals surface area contributed by atoms with E-state index >= 15 is 0 Å². The molecule has 2 aromatic carbocycles. The SMILES string of the molecule is CCOc1ccc(NC(=O)CN2C(=O)SC(=Cc3ccc(OCc4ccc(C(=O)O)o4)c(OCC)c3)C2=O)cc1. The Hall–Kier alpha value is -4.71. The Labute approximate surface area is 233 Å². The Morgan fingerprint density at radius 1 is 0.975 bits per heavy atom. The molecule has 1 aromatic heterocycles. The molecular formula is C28H26N2O9S. The van der Waals surface area contributed by atoms with Crippen molar-refractivity contribution in [2.75, 3.05) is 25.1 Å². The van der Waals surface area contributed by atoms with E-state index in [2.05, 4.69) is 5.32 Å². The monoisotopic (exact) mass is 566 g/mol. The number of benzene rings is 2. The third-order valence-electron chi connectivity index (χ3n) is 5.43. The van der Waals surface area contributed by atoms with Gasteiger partial charge in [0.2, 0.25) is 11.7 Å². The van der Waals surface area contributed by atoms with E-state index in [0.29, 0.717) is 47.5 Å². The van der Waals surface area contributed by atoms with Crippen molar-refractivity contribution in [3.8, 4) is 17.2 Å². The quantitative estimate of drug-likeness (QED) is 0.286. The van der Waals surface area contributed by atoms with E-state index in [9.17, 15) is 19.2 Å². The molecule has 11 nitrogen and oxygen atoms in total. The van der Waals surface area contributed by atoms with Crippen molar-refractivity contribution in [2.45, 2.75) is 20.5 Å². The van der Waals surface area contributed by atoms with Crippen LogP contribution in [0.25, 0.3) is 6.08 Å². The lowest BCUT2D eigenvalue weighted by Gasteiger charge is -2.13. The van der Waals surface area contributed by atoms with E-state index in [1.165, 1.54) is 18.2 Å². The number of anilines is 1. The molecule has 0 spiro atoms. The lowest BCUT2D eigenvalue weighted by atomic mass is 10.2. The number of carbonyl (C=O) groups excluding carboxylic acids is 3. The summed E-state index contributed by atoms with van der Waals surface area (Å²) in [6.45, 7) is 4.07. The Morgan fingerprint density at radius 2 is 1.73 bits per heavy atom. The van der Waals surface area contributed by atoms with Crippen LogP contribution in [0.3, 0.4) is 0 Å². The molecule has 1 saturated heterocycles. The highest BCUT2D eigenvalue weighted by atomic mass is 32.2. The number of nitrogens with one attached hydrogen (secondary N) is 1. The molecule has 0 saturated carbocycles. The number of rotatable bonds is 12. The molecule has 3 amide bonds. The molecule has 208 valence electrons. The first-order chi connectivity index (χ1) is 19.3. The van der Waals surface area contributed by atoms with Crippen molar-refractivity contribution in [2.24, 2.45) is 0 Å². The summed E-state index contributed by atoms with van der Waals surface area (Å²) in [6.07, 6.45) is 1.53. The Morgan fingerprint density at radius 3 is 2.40 bits per heavy atom. The van der Waals surface area contributed by atoms with E-state index in [4.69, 9.17) is 23.7 Å². The molecule has 2 heterocycles. The van der Waals surface area contributed by atoms with Gasteiger partial charge in [-0.3, -0.25) is 19.3 Å². The first-order valence-electron chi connectivity index (χ1n) is 12.3. The summed E-state index contributed by atoms with van der Waals surface area (Å²) in [5, 5.41) is 11.1. The molecule has 0 radical (unpaired) electrons. The topological polar surface area (TPSA) is 145 Å². The van der Waals surface area contributed by atoms with E-state index < -0.39 is 29.6 Å². The predicted molar refractivity (Wildman–Crippen MR) is 147 cm³/mol. The lowest BCUT2D eigenvalue weighted by Crippen LogP contribution is -2.36. The zero-order chi connectivity index (χ0) is 28.6. The lowest BCUT2D eigenvalue weighted by molar-refractivity contribution is -0.127. The van der Waals surface area contributed by atoms with Gasteiger partial charge in [0, 0.05) is 5.69 Å². The van der Waals surface area contributed by atoms with Crippen molar-refractivity contribution in [1.82, 2.24) is 4.90 Å². The summed E-state index contributed by atoms with van der Waals surface area (Å²) in [7, 11) is 0. The fourth-order valence-corrected chi connectivity index (χ4v) is 4.49. The van der Waals surface area contributed by atoms with Crippen LogP contribution in [0, 0.1) is 0 Å². The number of thioether (sulfide) groups is 1. The van der Waals surface area contributed by atoms with Crippen LogP contribution >= 0.6 is 11.8 Å². The van der Waals surface area contributed by atoms with Crippen molar-refractivity contribution < 1.29 is 42.9 Å². The van der Waals surface area contributed by atoms with E-state index in [1.807, 2.05) is 6.92 Å². The van der Waals surface area contributed by atoms with Gasteiger partial charge in [0.1, 0.15) is 24.7 Å². The number of imide groups is 1. The molecule has 3 aromatic rings. The molecule has 0 aliphatic carbocycles. The Kier molecular flexibility index (Phi) is 9.12. The average molecular weight is 567 g/mol. The largest absolute Gasteiger partial charge is 0.494 e. The molecule has 1 aliphatic heterocycles. The minimum absolute atomic E-state index is 0.0235. The highest BCUT2D eigenvalue weighted by Gasteiger charge is 2.36. The Balaban J connectivity index is 1.41. The second-order valence-corrected chi connectivity index (χ2v) is 9.27. The van der Waals surface area contributed by atoms with Gasteiger partial charge < -0.3 is 29.1 Å². The van der Waals surface area contributed by atoms with Gasteiger partial charge in [-0.25, -0.2) is 4.79 Å². The van der Waals surface area contributed by atoms with Gasteiger partial charge in [-0.05, 0) is 85.8 Å². The molecule has 1 fully saturated rings. The molecular weight excluding hydrogens is 540 g/mol. The van der Waals surface area contributed by atoms with Crippen LogP contribution in [0.15, 0.2) is 63.9 Å². The van der Waals surface area contributed by atoms with Gasteiger partial charge >= 0.3 is 5.97 Å². The first-order valence-corrected chi connectivity index (χ1v) is 13.1. The van der Waals surface area contributed by atoms with Crippen molar-refractivity contribution in [3.05, 3.63) is 76.6 Å². The van der Waals surface area contributed by atoms with Crippen molar-refractivity contribution >= 4 is 46.5 Å². The molecule has 4 rings (SSSR count). The van der Waals surface area contributed by atoms with Gasteiger partial charge in [0.15, 0.2) is 11.5 Å². The first kappa shape index (κ1) is 28.3. The summed E-state index contributed by atoms with van der Waals surface area (Å²) in [6, 6.07) is 14.6. The highest BCUT2D eigenvalue weighted by Crippen LogP contribution is 2.35. The minimum Gasteiger partial charge on any atom is -0.494 e. The fourth-order valence-electron chi connectivity index (χ4n) is 3.65. The molecule has 40 heavy (non-hydrogen) atoms. The molecule has 0 atom stereocenters. The van der Waals surface area contributed by atoms with Crippen LogP contribution < -0.4 is 19.5 Å². The molecule has 1 aliphatic rings. The Bertz CT molecular complexity index is 1450. The van der Waals surface area contributed by atoms with E-state index in [0.717, 1.165) is 16.7 Å². The molecule has 0 bridgehead atoms. The number of carboxylic acids is 1. The normalized spacial score (nSPS) is 13.9. The smallest absolute Gasteiger partial charge is 0.371 e.